The smallest absolute Gasteiger partial charge is 0.255 e. The van der Waals surface area contributed by atoms with Crippen molar-refractivity contribution >= 4 is 43.5 Å². The van der Waals surface area contributed by atoms with Gasteiger partial charge in [0, 0.05) is 21.8 Å². The lowest BCUT2D eigenvalue weighted by Crippen LogP contribution is -2.13. The van der Waals surface area contributed by atoms with E-state index < -0.39 is 0 Å². The predicted octanol–water partition coefficient (Wildman–Crippen LogP) is 4.78. The maximum Gasteiger partial charge on any atom is 0.255 e. The van der Waals surface area contributed by atoms with Crippen molar-refractivity contribution in [2.24, 2.45) is 0 Å². The van der Waals surface area contributed by atoms with Gasteiger partial charge in [0.2, 0.25) is 0 Å². The molecule has 0 unspecified atom stereocenters. The molecule has 0 aliphatic heterocycles. The van der Waals surface area contributed by atoms with Crippen LogP contribution in [0.4, 0.5) is 5.69 Å². The maximum atomic E-state index is 12.3. The van der Waals surface area contributed by atoms with Gasteiger partial charge in [-0.2, -0.15) is 0 Å². The van der Waals surface area contributed by atoms with Gasteiger partial charge in [-0.05, 0) is 52.7 Å². The average molecular weight is 399 g/mol. The zero-order valence-electron chi connectivity index (χ0n) is 11.0. The molecule has 0 saturated heterocycles. The first kappa shape index (κ1) is 15.1. The fraction of sp³-hybridized carbons (Fsp3) is 0.133. The second-order valence-corrected chi connectivity index (χ2v) is 5.92. The highest BCUT2D eigenvalue weighted by molar-refractivity contribution is 9.10. The van der Waals surface area contributed by atoms with Crippen LogP contribution in [0.25, 0.3) is 0 Å². The minimum Gasteiger partial charge on any atom is -0.495 e. The number of rotatable bonds is 3. The lowest BCUT2D eigenvalue weighted by molar-refractivity contribution is 0.102. The fourth-order valence-corrected chi connectivity index (χ4v) is 2.56. The molecule has 0 heterocycles. The SMILES string of the molecule is COc1cc(NC(=O)c2cccc(Br)c2C)ccc1Br. The zero-order chi connectivity index (χ0) is 14.7. The summed E-state index contributed by atoms with van der Waals surface area (Å²) in [4.78, 5) is 12.3. The molecule has 2 aromatic carbocycles. The number of carbonyl (C=O) groups excluding carboxylic acids is 1. The van der Waals surface area contributed by atoms with E-state index in [0.717, 1.165) is 14.5 Å². The summed E-state index contributed by atoms with van der Waals surface area (Å²) in [6.45, 7) is 1.90. The van der Waals surface area contributed by atoms with Crippen molar-refractivity contribution in [3.63, 3.8) is 0 Å². The Kier molecular flexibility index (Phi) is 4.83. The minimum atomic E-state index is -0.145. The highest BCUT2D eigenvalue weighted by atomic mass is 79.9. The van der Waals surface area contributed by atoms with Crippen LogP contribution in [0.3, 0.4) is 0 Å². The summed E-state index contributed by atoms with van der Waals surface area (Å²) in [6, 6.07) is 11.0. The van der Waals surface area contributed by atoms with Crippen LogP contribution >= 0.6 is 31.9 Å². The molecule has 0 atom stereocenters. The van der Waals surface area contributed by atoms with Crippen molar-refractivity contribution in [1.82, 2.24) is 0 Å². The van der Waals surface area contributed by atoms with Gasteiger partial charge in [-0.1, -0.05) is 22.0 Å². The molecule has 2 rings (SSSR count). The number of nitrogens with one attached hydrogen (secondary N) is 1. The number of anilines is 1. The Morgan fingerprint density at radius 3 is 2.60 bits per heavy atom. The largest absolute Gasteiger partial charge is 0.495 e. The number of ether oxygens (including phenoxy) is 1. The van der Waals surface area contributed by atoms with Crippen LogP contribution in [0.2, 0.25) is 0 Å². The summed E-state index contributed by atoms with van der Waals surface area (Å²) < 4.78 is 6.97. The molecule has 0 saturated carbocycles. The summed E-state index contributed by atoms with van der Waals surface area (Å²) in [5.41, 5.74) is 2.24. The van der Waals surface area contributed by atoms with Gasteiger partial charge < -0.3 is 10.1 Å². The Balaban J connectivity index is 2.26. The van der Waals surface area contributed by atoms with E-state index in [1.807, 2.05) is 31.2 Å². The first-order valence-electron chi connectivity index (χ1n) is 5.93. The van der Waals surface area contributed by atoms with Crippen LogP contribution in [0.1, 0.15) is 15.9 Å². The van der Waals surface area contributed by atoms with Gasteiger partial charge in [-0.15, -0.1) is 0 Å². The lowest BCUT2D eigenvalue weighted by atomic mass is 10.1. The van der Waals surface area contributed by atoms with Gasteiger partial charge in [0.05, 0.1) is 11.6 Å². The topological polar surface area (TPSA) is 38.3 Å². The van der Waals surface area contributed by atoms with Crippen molar-refractivity contribution in [2.75, 3.05) is 12.4 Å². The number of halogens is 2. The summed E-state index contributed by atoms with van der Waals surface area (Å²) in [5.74, 6) is 0.530. The molecular weight excluding hydrogens is 386 g/mol. The Labute approximate surface area is 134 Å². The first-order valence-corrected chi connectivity index (χ1v) is 7.51. The molecular formula is C15H13Br2NO2. The van der Waals surface area contributed by atoms with Crippen LogP contribution in [0, 0.1) is 6.92 Å². The van der Waals surface area contributed by atoms with Crippen molar-refractivity contribution in [3.05, 3.63) is 56.5 Å². The molecule has 0 spiro atoms. The average Bonchev–Trinajstić information content (AvgIpc) is 2.43. The number of carbonyl (C=O) groups is 1. The van der Waals surface area contributed by atoms with Crippen LogP contribution in [0.15, 0.2) is 45.3 Å². The molecule has 2 aromatic rings. The van der Waals surface area contributed by atoms with Crippen molar-refractivity contribution in [3.8, 4) is 5.75 Å². The van der Waals surface area contributed by atoms with Gasteiger partial charge in [-0.25, -0.2) is 0 Å². The number of hydrogen-bond donors (Lipinski definition) is 1. The Bertz CT molecular complexity index is 656. The summed E-state index contributed by atoms with van der Waals surface area (Å²) in [6.07, 6.45) is 0. The van der Waals surface area contributed by atoms with Crippen LogP contribution < -0.4 is 10.1 Å². The van der Waals surface area contributed by atoms with Crippen molar-refractivity contribution < 1.29 is 9.53 Å². The van der Waals surface area contributed by atoms with E-state index in [4.69, 9.17) is 4.74 Å². The number of amides is 1. The van der Waals surface area contributed by atoms with E-state index in [1.165, 1.54) is 0 Å². The van der Waals surface area contributed by atoms with Gasteiger partial charge in [-0.3, -0.25) is 4.79 Å². The van der Waals surface area contributed by atoms with E-state index in [-0.39, 0.29) is 5.91 Å². The minimum absolute atomic E-state index is 0.145. The molecule has 20 heavy (non-hydrogen) atoms. The molecule has 0 radical (unpaired) electrons. The Hall–Kier alpha value is -1.33. The summed E-state index contributed by atoms with van der Waals surface area (Å²) >= 11 is 6.80. The third-order valence-electron chi connectivity index (χ3n) is 2.92. The van der Waals surface area contributed by atoms with Crippen molar-refractivity contribution in [1.29, 1.82) is 0 Å². The molecule has 1 amide bonds. The lowest BCUT2D eigenvalue weighted by Gasteiger charge is -2.10. The molecule has 0 fully saturated rings. The molecule has 104 valence electrons. The first-order chi connectivity index (χ1) is 9.52. The Morgan fingerprint density at radius 1 is 1.15 bits per heavy atom. The maximum absolute atomic E-state index is 12.3. The summed E-state index contributed by atoms with van der Waals surface area (Å²) in [5, 5.41) is 2.87. The number of methoxy groups -OCH3 is 1. The van der Waals surface area contributed by atoms with Crippen LogP contribution in [-0.4, -0.2) is 13.0 Å². The third-order valence-corrected chi connectivity index (χ3v) is 4.44. The van der Waals surface area contributed by atoms with Gasteiger partial charge >= 0.3 is 0 Å². The molecule has 0 aliphatic carbocycles. The molecule has 3 nitrogen and oxygen atoms in total. The van der Waals surface area contributed by atoms with E-state index in [1.54, 1.807) is 19.2 Å². The molecule has 1 N–H and O–H groups in total. The number of hydrogen-bond acceptors (Lipinski definition) is 2. The molecule has 5 heteroatoms. The van der Waals surface area contributed by atoms with E-state index in [0.29, 0.717) is 17.0 Å². The Morgan fingerprint density at radius 2 is 1.90 bits per heavy atom. The standard InChI is InChI=1S/C15H13Br2NO2/c1-9-11(4-3-5-12(9)16)15(19)18-10-6-7-13(17)14(8-10)20-2/h3-8H,1-2H3,(H,18,19). The highest BCUT2D eigenvalue weighted by Crippen LogP contribution is 2.28. The third kappa shape index (κ3) is 3.22. The quantitative estimate of drug-likeness (QED) is 0.807. The molecule has 0 aromatic heterocycles. The van der Waals surface area contributed by atoms with Gasteiger partial charge in [0.1, 0.15) is 5.75 Å². The van der Waals surface area contributed by atoms with Gasteiger partial charge in [0.15, 0.2) is 0 Å². The second kappa shape index (κ2) is 6.41. The highest BCUT2D eigenvalue weighted by Gasteiger charge is 2.11. The van der Waals surface area contributed by atoms with E-state index >= 15 is 0 Å². The van der Waals surface area contributed by atoms with Crippen LogP contribution in [0.5, 0.6) is 5.75 Å². The number of benzene rings is 2. The monoisotopic (exact) mass is 397 g/mol. The predicted molar refractivity (Wildman–Crippen MR) is 87.5 cm³/mol. The molecule has 0 aliphatic rings. The van der Waals surface area contributed by atoms with Crippen LogP contribution in [-0.2, 0) is 0 Å². The molecule has 0 bridgehead atoms. The van der Waals surface area contributed by atoms with E-state index in [9.17, 15) is 4.79 Å². The summed E-state index contributed by atoms with van der Waals surface area (Å²) in [7, 11) is 1.59. The van der Waals surface area contributed by atoms with E-state index in [2.05, 4.69) is 37.2 Å². The van der Waals surface area contributed by atoms with Crippen molar-refractivity contribution in [2.45, 2.75) is 6.92 Å². The fourth-order valence-electron chi connectivity index (χ4n) is 1.79. The normalized spacial score (nSPS) is 10.2. The van der Waals surface area contributed by atoms with Gasteiger partial charge in [0.25, 0.3) is 5.91 Å². The second-order valence-electron chi connectivity index (χ2n) is 4.22. The zero-order valence-corrected chi connectivity index (χ0v) is 14.2.